The SMILES string of the molecule is Fc1cccc(N2CC=NC2=S)c1. The molecular weight excluding hydrogens is 187 g/mol. The zero-order valence-electron chi connectivity index (χ0n) is 6.77. The van der Waals surface area contributed by atoms with E-state index in [-0.39, 0.29) is 5.82 Å². The fraction of sp³-hybridized carbons (Fsp3) is 0.111. The van der Waals surface area contributed by atoms with Gasteiger partial charge in [0, 0.05) is 11.9 Å². The summed E-state index contributed by atoms with van der Waals surface area (Å²) in [6.07, 6.45) is 1.72. The number of anilines is 1. The number of aliphatic imine (C=N–C) groups is 1. The van der Waals surface area contributed by atoms with Crippen LogP contribution >= 0.6 is 12.2 Å². The molecule has 0 unspecified atom stereocenters. The lowest BCUT2D eigenvalue weighted by molar-refractivity contribution is 0.628. The molecule has 0 saturated carbocycles. The highest BCUT2D eigenvalue weighted by molar-refractivity contribution is 7.80. The molecule has 1 aromatic carbocycles. The predicted molar refractivity (Wildman–Crippen MR) is 54.8 cm³/mol. The van der Waals surface area contributed by atoms with E-state index in [0.717, 1.165) is 5.69 Å². The Morgan fingerprint density at radius 2 is 2.31 bits per heavy atom. The lowest BCUT2D eigenvalue weighted by Crippen LogP contribution is -2.23. The third kappa shape index (κ3) is 1.58. The van der Waals surface area contributed by atoms with Gasteiger partial charge in [-0.05, 0) is 30.4 Å². The van der Waals surface area contributed by atoms with Crippen molar-refractivity contribution in [2.24, 2.45) is 4.99 Å². The zero-order chi connectivity index (χ0) is 9.26. The number of hydrogen-bond acceptors (Lipinski definition) is 1. The maximum Gasteiger partial charge on any atom is 0.199 e. The van der Waals surface area contributed by atoms with Gasteiger partial charge in [0.05, 0.1) is 6.54 Å². The van der Waals surface area contributed by atoms with Crippen molar-refractivity contribution in [3.05, 3.63) is 30.1 Å². The normalized spacial score (nSPS) is 15.5. The van der Waals surface area contributed by atoms with Gasteiger partial charge in [-0.1, -0.05) is 6.07 Å². The van der Waals surface area contributed by atoms with Gasteiger partial charge in [0.25, 0.3) is 0 Å². The number of hydrogen-bond donors (Lipinski definition) is 0. The number of nitrogens with zero attached hydrogens (tertiary/aromatic N) is 2. The molecule has 1 heterocycles. The molecular formula is C9H7FN2S. The maximum atomic E-state index is 12.8. The lowest BCUT2D eigenvalue weighted by Gasteiger charge is -2.15. The highest BCUT2D eigenvalue weighted by Gasteiger charge is 2.14. The first-order valence-corrected chi connectivity index (χ1v) is 4.28. The van der Waals surface area contributed by atoms with Gasteiger partial charge in [0.1, 0.15) is 5.82 Å². The summed E-state index contributed by atoms with van der Waals surface area (Å²) < 4.78 is 12.8. The van der Waals surface area contributed by atoms with Crippen LogP contribution in [0.3, 0.4) is 0 Å². The van der Waals surface area contributed by atoms with Crippen LogP contribution in [-0.2, 0) is 0 Å². The second kappa shape index (κ2) is 3.22. The third-order valence-electron chi connectivity index (χ3n) is 1.82. The first-order chi connectivity index (χ1) is 6.27. The molecule has 0 aliphatic carbocycles. The molecule has 0 radical (unpaired) electrons. The second-order valence-electron chi connectivity index (χ2n) is 2.68. The summed E-state index contributed by atoms with van der Waals surface area (Å²) in [4.78, 5) is 5.71. The summed E-state index contributed by atoms with van der Waals surface area (Å²) in [5, 5.41) is 0.491. The summed E-state index contributed by atoms with van der Waals surface area (Å²) in [5.74, 6) is -0.257. The molecule has 1 aliphatic rings. The Labute approximate surface area is 80.7 Å². The van der Waals surface area contributed by atoms with E-state index >= 15 is 0 Å². The molecule has 0 bridgehead atoms. The molecule has 0 aromatic heterocycles. The van der Waals surface area contributed by atoms with Crippen molar-refractivity contribution in [2.45, 2.75) is 0 Å². The van der Waals surface area contributed by atoms with E-state index in [1.54, 1.807) is 17.2 Å². The van der Waals surface area contributed by atoms with Crippen molar-refractivity contribution in [3.63, 3.8) is 0 Å². The van der Waals surface area contributed by atoms with Crippen LogP contribution in [0.1, 0.15) is 0 Å². The minimum Gasteiger partial charge on any atom is -0.312 e. The minimum absolute atomic E-state index is 0.257. The van der Waals surface area contributed by atoms with Crippen LogP contribution in [0.2, 0.25) is 0 Å². The van der Waals surface area contributed by atoms with Crippen molar-refractivity contribution in [1.29, 1.82) is 0 Å². The third-order valence-corrected chi connectivity index (χ3v) is 2.14. The molecule has 0 N–H and O–H groups in total. The lowest BCUT2D eigenvalue weighted by atomic mass is 10.3. The second-order valence-corrected chi connectivity index (χ2v) is 3.05. The van der Waals surface area contributed by atoms with Gasteiger partial charge >= 0.3 is 0 Å². The van der Waals surface area contributed by atoms with Crippen molar-refractivity contribution >= 4 is 29.2 Å². The van der Waals surface area contributed by atoms with Crippen LogP contribution in [-0.4, -0.2) is 17.9 Å². The first-order valence-electron chi connectivity index (χ1n) is 3.87. The summed E-state index contributed by atoms with van der Waals surface area (Å²) >= 11 is 4.97. The molecule has 2 nitrogen and oxygen atoms in total. The quantitative estimate of drug-likeness (QED) is 0.635. The van der Waals surface area contributed by atoms with E-state index in [1.165, 1.54) is 12.1 Å². The highest BCUT2D eigenvalue weighted by Crippen LogP contribution is 2.17. The van der Waals surface area contributed by atoms with Crippen LogP contribution in [0.5, 0.6) is 0 Å². The molecule has 0 fully saturated rings. The summed E-state index contributed by atoms with van der Waals surface area (Å²) in [6.45, 7) is 0.627. The van der Waals surface area contributed by atoms with Gasteiger partial charge in [0.2, 0.25) is 0 Å². The average Bonchev–Trinajstić information content (AvgIpc) is 2.51. The average molecular weight is 194 g/mol. The van der Waals surface area contributed by atoms with E-state index in [1.807, 2.05) is 6.07 Å². The largest absolute Gasteiger partial charge is 0.312 e. The Hall–Kier alpha value is -1.29. The number of rotatable bonds is 1. The molecule has 0 spiro atoms. The Bertz CT molecular complexity index is 376. The number of halogens is 1. The molecule has 1 aromatic rings. The van der Waals surface area contributed by atoms with Crippen LogP contribution < -0.4 is 4.90 Å². The van der Waals surface area contributed by atoms with E-state index in [2.05, 4.69) is 4.99 Å². The van der Waals surface area contributed by atoms with Crippen LogP contribution in [0.25, 0.3) is 0 Å². The van der Waals surface area contributed by atoms with Gasteiger partial charge in [0.15, 0.2) is 5.11 Å². The predicted octanol–water partition coefficient (Wildman–Crippen LogP) is 2.00. The molecule has 0 amide bonds. The Kier molecular flexibility index (Phi) is 2.06. The summed E-state index contributed by atoms with van der Waals surface area (Å²) in [5.41, 5.74) is 0.752. The molecule has 4 heteroatoms. The van der Waals surface area contributed by atoms with Gasteiger partial charge < -0.3 is 4.90 Å². The van der Waals surface area contributed by atoms with E-state index < -0.39 is 0 Å². The molecule has 66 valence electrons. The standard InChI is InChI=1S/C9H7FN2S/c10-7-2-1-3-8(6-7)12-5-4-11-9(12)13/h1-4,6H,5H2. The van der Waals surface area contributed by atoms with E-state index in [4.69, 9.17) is 12.2 Å². The van der Waals surface area contributed by atoms with Crippen LogP contribution in [0.4, 0.5) is 10.1 Å². The van der Waals surface area contributed by atoms with Crippen LogP contribution in [0, 0.1) is 5.82 Å². The fourth-order valence-corrected chi connectivity index (χ4v) is 1.46. The van der Waals surface area contributed by atoms with Gasteiger partial charge in [-0.2, -0.15) is 0 Å². The summed E-state index contributed by atoms with van der Waals surface area (Å²) in [7, 11) is 0. The van der Waals surface area contributed by atoms with E-state index in [9.17, 15) is 4.39 Å². The number of thiocarbonyl (C=S) groups is 1. The highest BCUT2D eigenvalue weighted by atomic mass is 32.1. The van der Waals surface area contributed by atoms with Crippen molar-refractivity contribution in [3.8, 4) is 0 Å². The smallest absolute Gasteiger partial charge is 0.199 e. The first kappa shape index (κ1) is 8.31. The molecule has 1 aliphatic heterocycles. The molecule has 0 saturated heterocycles. The summed E-state index contributed by atoms with van der Waals surface area (Å²) in [6, 6.07) is 6.32. The zero-order valence-corrected chi connectivity index (χ0v) is 7.59. The Morgan fingerprint density at radius 3 is 2.92 bits per heavy atom. The van der Waals surface area contributed by atoms with Crippen LogP contribution in [0.15, 0.2) is 29.3 Å². The molecule has 0 atom stereocenters. The fourth-order valence-electron chi connectivity index (χ4n) is 1.21. The Balaban J connectivity index is 2.31. The molecule has 13 heavy (non-hydrogen) atoms. The monoisotopic (exact) mass is 194 g/mol. The maximum absolute atomic E-state index is 12.8. The topological polar surface area (TPSA) is 15.6 Å². The van der Waals surface area contributed by atoms with Crippen molar-refractivity contribution in [2.75, 3.05) is 11.4 Å². The van der Waals surface area contributed by atoms with Gasteiger partial charge in [-0.15, -0.1) is 0 Å². The van der Waals surface area contributed by atoms with Crippen molar-refractivity contribution < 1.29 is 4.39 Å². The number of benzene rings is 1. The van der Waals surface area contributed by atoms with Crippen molar-refractivity contribution in [1.82, 2.24) is 0 Å². The minimum atomic E-state index is -0.257. The Morgan fingerprint density at radius 1 is 1.46 bits per heavy atom. The van der Waals surface area contributed by atoms with Gasteiger partial charge in [-0.3, -0.25) is 0 Å². The van der Waals surface area contributed by atoms with Gasteiger partial charge in [-0.25, -0.2) is 9.38 Å². The molecule has 2 rings (SSSR count). The van der Waals surface area contributed by atoms with E-state index in [0.29, 0.717) is 11.7 Å².